The number of alkyl halides is 3. The van der Waals surface area contributed by atoms with Crippen LogP contribution >= 0.6 is 45.2 Å². The van der Waals surface area contributed by atoms with Crippen molar-refractivity contribution >= 4 is 56.1 Å². The van der Waals surface area contributed by atoms with E-state index in [9.17, 15) is 13.2 Å². The summed E-state index contributed by atoms with van der Waals surface area (Å²) in [6.07, 6.45) is -4.34. The van der Waals surface area contributed by atoms with Crippen molar-refractivity contribution in [2.45, 2.75) is 20.9 Å². The molecule has 0 amide bonds. The lowest BCUT2D eigenvalue weighted by Gasteiger charge is -2.11. The summed E-state index contributed by atoms with van der Waals surface area (Å²) in [4.78, 5) is 2.67. The van der Waals surface area contributed by atoms with E-state index in [2.05, 4.69) is 45.2 Å². The van der Waals surface area contributed by atoms with E-state index in [-0.39, 0.29) is 0 Å². The highest BCUT2D eigenvalue weighted by Crippen LogP contribution is 2.36. The Bertz CT molecular complexity index is 814. The van der Waals surface area contributed by atoms with E-state index in [1.807, 2.05) is 48.5 Å². The van der Waals surface area contributed by atoms with Crippen molar-refractivity contribution in [2.75, 3.05) is 0 Å². The van der Waals surface area contributed by atoms with Gasteiger partial charge in [0.1, 0.15) is 0 Å². The van der Waals surface area contributed by atoms with Gasteiger partial charge in [-0.25, -0.2) is 0 Å². The normalized spacial score (nSPS) is 11.8. The molecule has 0 aromatic heterocycles. The molecule has 128 valence electrons. The van der Waals surface area contributed by atoms with Crippen LogP contribution in [-0.4, -0.2) is 0 Å². The Balaban J connectivity index is 2.14. The Morgan fingerprint density at radius 3 is 1.56 bits per heavy atom. The van der Waals surface area contributed by atoms with Gasteiger partial charge >= 0.3 is 6.18 Å². The van der Waals surface area contributed by atoms with Gasteiger partial charge in [0.2, 0.25) is 0 Å². The molecule has 0 atom stereocenters. The van der Waals surface area contributed by atoms with Gasteiger partial charge in [0.25, 0.3) is 0 Å². The number of benzene rings is 3. The minimum atomic E-state index is -4.34. The molecule has 0 aliphatic carbocycles. The molecule has 3 aromatic carbocycles. The number of rotatable bonds is 3. The third kappa shape index (κ3) is 4.71. The van der Waals surface area contributed by atoms with E-state index in [1.165, 1.54) is 12.1 Å². The highest BCUT2D eigenvalue weighted by Gasteiger charge is 2.34. The van der Waals surface area contributed by atoms with E-state index in [1.54, 1.807) is 6.07 Å². The van der Waals surface area contributed by atoms with E-state index in [0.717, 1.165) is 23.0 Å². The average Bonchev–Trinajstić information content (AvgIpc) is 2.58. The number of halogens is 5. The van der Waals surface area contributed by atoms with Gasteiger partial charge in [-0.05, 0) is 106 Å². The molecular formula is C19H12F3I2S+. The van der Waals surface area contributed by atoms with Crippen LogP contribution in [0, 0.1) is 7.14 Å². The topological polar surface area (TPSA) is 0 Å². The van der Waals surface area contributed by atoms with Crippen LogP contribution in [0.2, 0.25) is 0 Å². The van der Waals surface area contributed by atoms with Gasteiger partial charge in [-0.3, -0.25) is 0 Å². The molecule has 0 unspecified atom stereocenters. The molecule has 0 radical (unpaired) electrons. The lowest BCUT2D eigenvalue weighted by atomic mass is 10.2. The molecular weight excluding hydrogens is 571 g/mol. The van der Waals surface area contributed by atoms with Crippen molar-refractivity contribution in [3.8, 4) is 0 Å². The van der Waals surface area contributed by atoms with Crippen LogP contribution in [0.5, 0.6) is 0 Å². The third-order valence-corrected chi connectivity index (χ3v) is 7.15. The van der Waals surface area contributed by atoms with E-state index >= 15 is 0 Å². The Labute approximate surface area is 174 Å². The first kappa shape index (κ1) is 19.0. The molecule has 25 heavy (non-hydrogen) atoms. The third-order valence-electron chi connectivity index (χ3n) is 3.50. The molecule has 0 aliphatic heterocycles. The maximum atomic E-state index is 13.1. The SMILES string of the molecule is FC(F)(F)c1cccc([S+](c2ccc(I)cc2)c2ccc(I)cc2)c1. The maximum absolute atomic E-state index is 13.1. The van der Waals surface area contributed by atoms with E-state index in [0.29, 0.717) is 4.90 Å². The molecule has 0 aliphatic rings. The van der Waals surface area contributed by atoms with Crippen LogP contribution in [0.3, 0.4) is 0 Å². The van der Waals surface area contributed by atoms with Gasteiger partial charge in [-0.15, -0.1) is 0 Å². The molecule has 3 aromatic rings. The Morgan fingerprint density at radius 2 is 1.12 bits per heavy atom. The van der Waals surface area contributed by atoms with Crippen molar-refractivity contribution in [3.05, 3.63) is 85.5 Å². The van der Waals surface area contributed by atoms with Crippen LogP contribution in [0.4, 0.5) is 13.2 Å². The fraction of sp³-hybridized carbons (Fsp3) is 0.0526. The molecule has 0 bridgehead atoms. The quantitative estimate of drug-likeness (QED) is 0.230. The van der Waals surface area contributed by atoms with Gasteiger partial charge in [0, 0.05) is 13.2 Å². The molecule has 0 nitrogen and oxygen atoms in total. The van der Waals surface area contributed by atoms with Crippen LogP contribution in [0.25, 0.3) is 0 Å². The monoisotopic (exact) mass is 583 g/mol. The fourth-order valence-electron chi connectivity index (χ4n) is 2.35. The largest absolute Gasteiger partial charge is 0.416 e. The smallest absolute Gasteiger partial charge is 0.166 e. The zero-order valence-electron chi connectivity index (χ0n) is 12.7. The second kappa shape index (κ2) is 7.87. The fourth-order valence-corrected chi connectivity index (χ4v) is 5.16. The molecule has 0 fully saturated rings. The Morgan fingerprint density at radius 1 is 0.640 bits per heavy atom. The molecule has 0 N–H and O–H groups in total. The highest BCUT2D eigenvalue weighted by atomic mass is 127. The van der Waals surface area contributed by atoms with Crippen molar-refractivity contribution in [1.82, 2.24) is 0 Å². The lowest BCUT2D eigenvalue weighted by Crippen LogP contribution is -2.09. The second-order valence-corrected chi connectivity index (χ2v) is 9.76. The molecule has 0 saturated carbocycles. The minimum absolute atomic E-state index is 0.583. The van der Waals surface area contributed by atoms with Gasteiger partial charge in [0.15, 0.2) is 14.7 Å². The van der Waals surface area contributed by atoms with Crippen LogP contribution in [-0.2, 0) is 17.1 Å². The first-order valence-electron chi connectivity index (χ1n) is 7.27. The maximum Gasteiger partial charge on any atom is 0.416 e. The standard InChI is InChI=1S/C19H12F3I2S/c20-19(21,22)13-2-1-3-18(12-13)25(16-8-4-14(23)5-9-16)17-10-6-15(24)7-11-17/h1-12H/q+1. The molecule has 0 heterocycles. The zero-order chi connectivity index (χ0) is 18.0. The predicted molar refractivity (Wildman–Crippen MR) is 112 cm³/mol. The summed E-state index contributed by atoms with van der Waals surface area (Å²) in [5.74, 6) is 0. The van der Waals surface area contributed by atoms with Crippen molar-refractivity contribution < 1.29 is 13.2 Å². The Kier molecular flexibility index (Phi) is 5.99. The first-order valence-corrected chi connectivity index (χ1v) is 10.7. The van der Waals surface area contributed by atoms with Gasteiger partial charge in [-0.2, -0.15) is 13.2 Å². The van der Waals surface area contributed by atoms with Crippen molar-refractivity contribution in [3.63, 3.8) is 0 Å². The zero-order valence-corrected chi connectivity index (χ0v) is 17.9. The summed E-state index contributed by atoms with van der Waals surface area (Å²) in [5, 5.41) is 0. The summed E-state index contributed by atoms with van der Waals surface area (Å²) in [5.41, 5.74) is -0.612. The lowest BCUT2D eigenvalue weighted by molar-refractivity contribution is -0.137. The Hall–Kier alpha value is -0.740. The summed E-state index contributed by atoms with van der Waals surface area (Å²) >= 11 is 4.45. The van der Waals surface area contributed by atoms with Crippen LogP contribution < -0.4 is 0 Å². The second-order valence-electron chi connectivity index (χ2n) is 5.24. The summed E-state index contributed by atoms with van der Waals surface area (Å²) in [6, 6.07) is 21.5. The molecule has 0 saturated heterocycles. The predicted octanol–water partition coefficient (Wildman–Crippen LogP) is 7.01. The van der Waals surface area contributed by atoms with Crippen LogP contribution in [0.1, 0.15) is 5.56 Å². The first-order chi connectivity index (χ1) is 11.8. The van der Waals surface area contributed by atoms with Gasteiger partial charge in [0.05, 0.1) is 16.5 Å². The van der Waals surface area contributed by atoms with Crippen molar-refractivity contribution in [2.24, 2.45) is 0 Å². The molecule has 3 rings (SSSR count). The van der Waals surface area contributed by atoms with Gasteiger partial charge < -0.3 is 0 Å². The highest BCUT2D eigenvalue weighted by molar-refractivity contribution is 14.1. The summed E-state index contributed by atoms with van der Waals surface area (Å²) < 4.78 is 41.6. The van der Waals surface area contributed by atoms with Crippen molar-refractivity contribution in [1.29, 1.82) is 0 Å². The average molecular weight is 583 g/mol. The summed E-state index contributed by atoms with van der Waals surface area (Å²) in [7, 11) is -0.583. The molecule has 6 heteroatoms. The minimum Gasteiger partial charge on any atom is -0.166 e. The molecule has 0 spiro atoms. The number of hydrogen-bond acceptors (Lipinski definition) is 0. The number of hydrogen-bond donors (Lipinski definition) is 0. The van der Waals surface area contributed by atoms with E-state index < -0.39 is 22.6 Å². The van der Waals surface area contributed by atoms with Gasteiger partial charge in [-0.1, -0.05) is 6.07 Å². The van der Waals surface area contributed by atoms with E-state index in [4.69, 9.17) is 0 Å². The summed E-state index contributed by atoms with van der Waals surface area (Å²) in [6.45, 7) is 0. The van der Waals surface area contributed by atoms with Crippen LogP contribution in [0.15, 0.2) is 87.5 Å².